The molecule has 2 aromatic rings. The van der Waals surface area contributed by atoms with E-state index in [-0.39, 0.29) is 5.92 Å². The van der Waals surface area contributed by atoms with Crippen molar-refractivity contribution in [1.29, 1.82) is 5.26 Å². The minimum Gasteiger partial charge on any atom is -0.425 e. The molecule has 0 spiro atoms. The third-order valence-electron chi connectivity index (χ3n) is 4.09. The first-order valence-electron chi connectivity index (χ1n) is 7.96. The van der Waals surface area contributed by atoms with Crippen molar-refractivity contribution in [3.63, 3.8) is 0 Å². The standard InChI is InChI=1S/C20H17N3O2/c1-13-10-18(17-8-4-3-6-15(17)11-21)19(14(2)23-13)25-20(24)16-7-5-9-22-12-16/h3-9,12,18H,10H2,1-2H3. The lowest BCUT2D eigenvalue weighted by atomic mass is 9.86. The number of carbonyl (C=O) groups excluding carboxylic acids is 1. The number of aromatic nitrogens is 1. The summed E-state index contributed by atoms with van der Waals surface area (Å²) >= 11 is 0. The van der Waals surface area contributed by atoms with Gasteiger partial charge in [-0.3, -0.25) is 9.98 Å². The van der Waals surface area contributed by atoms with Crippen LogP contribution in [0.1, 0.15) is 47.7 Å². The number of aliphatic imine (C=N–C) groups is 1. The lowest BCUT2D eigenvalue weighted by Gasteiger charge is -2.26. The number of rotatable bonds is 3. The largest absolute Gasteiger partial charge is 0.425 e. The molecule has 0 saturated carbocycles. The van der Waals surface area contributed by atoms with Crippen LogP contribution in [0.2, 0.25) is 0 Å². The van der Waals surface area contributed by atoms with Crippen molar-refractivity contribution in [2.75, 3.05) is 0 Å². The van der Waals surface area contributed by atoms with Crippen LogP contribution in [0.4, 0.5) is 0 Å². The van der Waals surface area contributed by atoms with Gasteiger partial charge in [0.05, 0.1) is 28.8 Å². The van der Waals surface area contributed by atoms with Crippen LogP contribution in [0.25, 0.3) is 0 Å². The Morgan fingerprint density at radius 3 is 2.76 bits per heavy atom. The molecule has 0 saturated heterocycles. The van der Waals surface area contributed by atoms with Gasteiger partial charge in [0.2, 0.25) is 0 Å². The number of esters is 1. The maximum Gasteiger partial charge on any atom is 0.344 e. The minimum atomic E-state index is -0.475. The maximum absolute atomic E-state index is 12.5. The summed E-state index contributed by atoms with van der Waals surface area (Å²) in [5, 5.41) is 9.41. The van der Waals surface area contributed by atoms with Gasteiger partial charge in [-0.15, -0.1) is 0 Å². The molecule has 1 aromatic carbocycles. The Hall–Kier alpha value is -3.26. The molecule has 0 N–H and O–H groups in total. The fourth-order valence-electron chi connectivity index (χ4n) is 2.97. The quantitative estimate of drug-likeness (QED) is 0.797. The molecule has 25 heavy (non-hydrogen) atoms. The fourth-order valence-corrected chi connectivity index (χ4v) is 2.97. The number of allylic oxidation sites excluding steroid dienone is 2. The van der Waals surface area contributed by atoms with E-state index >= 15 is 0 Å². The zero-order chi connectivity index (χ0) is 17.8. The molecule has 1 aromatic heterocycles. The van der Waals surface area contributed by atoms with E-state index in [1.165, 1.54) is 6.20 Å². The Labute approximate surface area is 146 Å². The minimum absolute atomic E-state index is 0.214. The molecule has 1 atom stereocenters. The van der Waals surface area contributed by atoms with E-state index < -0.39 is 5.97 Å². The maximum atomic E-state index is 12.5. The van der Waals surface area contributed by atoms with Gasteiger partial charge in [-0.25, -0.2) is 4.79 Å². The smallest absolute Gasteiger partial charge is 0.344 e. The molecule has 1 aliphatic rings. The number of carbonyl (C=O) groups is 1. The van der Waals surface area contributed by atoms with Crippen LogP contribution >= 0.6 is 0 Å². The van der Waals surface area contributed by atoms with E-state index in [4.69, 9.17) is 4.74 Å². The summed E-state index contributed by atoms with van der Waals surface area (Å²) in [4.78, 5) is 20.9. The van der Waals surface area contributed by atoms with Gasteiger partial charge in [0.1, 0.15) is 5.76 Å². The van der Waals surface area contributed by atoms with E-state index in [1.807, 2.05) is 32.0 Å². The summed E-state index contributed by atoms with van der Waals surface area (Å²) in [7, 11) is 0. The van der Waals surface area contributed by atoms with Crippen molar-refractivity contribution in [2.24, 2.45) is 4.99 Å². The highest BCUT2D eigenvalue weighted by Crippen LogP contribution is 2.37. The van der Waals surface area contributed by atoms with Gasteiger partial charge in [-0.05, 0) is 44.0 Å². The Morgan fingerprint density at radius 2 is 2.04 bits per heavy atom. The van der Waals surface area contributed by atoms with Gasteiger partial charge < -0.3 is 4.74 Å². The van der Waals surface area contributed by atoms with E-state index in [2.05, 4.69) is 16.0 Å². The fraction of sp³-hybridized carbons (Fsp3) is 0.200. The van der Waals surface area contributed by atoms with Crippen LogP contribution in [-0.4, -0.2) is 16.7 Å². The Morgan fingerprint density at radius 1 is 1.24 bits per heavy atom. The molecule has 0 bridgehead atoms. The molecular formula is C20H17N3O2. The molecule has 0 fully saturated rings. The van der Waals surface area contributed by atoms with Crippen molar-refractivity contribution < 1.29 is 9.53 Å². The molecule has 5 nitrogen and oxygen atoms in total. The molecule has 2 heterocycles. The first-order valence-corrected chi connectivity index (χ1v) is 7.96. The monoisotopic (exact) mass is 331 g/mol. The van der Waals surface area contributed by atoms with Crippen LogP contribution in [0.3, 0.4) is 0 Å². The number of hydrogen-bond acceptors (Lipinski definition) is 5. The molecule has 0 amide bonds. The van der Waals surface area contributed by atoms with Crippen molar-refractivity contribution in [3.8, 4) is 6.07 Å². The number of benzene rings is 1. The first-order chi connectivity index (χ1) is 12.1. The number of nitriles is 1. The molecular weight excluding hydrogens is 314 g/mol. The van der Waals surface area contributed by atoms with Crippen molar-refractivity contribution in [1.82, 2.24) is 4.98 Å². The molecule has 3 rings (SSSR count). The van der Waals surface area contributed by atoms with Gasteiger partial charge in [-0.2, -0.15) is 5.26 Å². The highest BCUT2D eigenvalue weighted by atomic mass is 16.5. The van der Waals surface area contributed by atoms with Crippen LogP contribution in [0, 0.1) is 11.3 Å². The van der Waals surface area contributed by atoms with Crippen molar-refractivity contribution >= 4 is 11.7 Å². The van der Waals surface area contributed by atoms with Gasteiger partial charge in [0, 0.05) is 18.1 Å². The number of pyridine rings is 1. The molecule has 5 heteroatoms. The van der Waals surface area contributed by atoms with Gasteiger partial charge >= 0.3 is 5.97 Å². The third kappa shape index (κ3) is 3.48. The van der Waals surface area contributed by atoms with Crippen LogP contribution in [0.5, 0.6) is 0 Å². The molecule has 0 radical (unpaired) electrons. The molecule has 0 aliphatic carbocycles. The van der Waals surface area contributed by atoms with E-state index in [9.17, 15) is 10.1 Å². The Bertz CT molecular complexity index is 908. The summed E-state index contributed by atoms with van der Waals surface area (Å²) in [6, 6.07) is 12.9. The Balaban J connectivity index is 2.00. The zero-order valence-electron chi connectivity index (χ0n) is 14.1. The summed E-state index contributed by atoms with van der Waals surface area (Å²) in [5.74, 6) is -0.201. The summed E-state index contributed by atoms with van der Waals surface area (Å²) in [6.07, 6.45) is 3.67. The summed E-state index contributed by atoms with van der Waals surface area (Å²) in [5.41, 5.74) is 3.38. The third-order valence-corrected chi connectivity index (χ3v) is 4.09. The van der Waals surface area contributed by atoms with Crippen molar-refractivity contribution in [2.45, 2.75) is 26.2 Å². The lowest BCUT2D eigenvalue weighted by molar-refractivity contribution is 0.0598. The second-order valence-electron chi connectivity index (χ2n) is 5.88. The average molecular weight is 331 g/mol. The van der Waals surface area contributed by atoms with E-state index in [0.717, 1.165) is 11.3 Å². The average Bonchev–Trinajstić information content (AvgIpc) is 2.64. The second-order valence-corrected chi connectivity index (χ2v) is 5.88. The number of hydrogen-bond donors (Lipinski definition) is 0. The Kier molecular flexibility index (Phi) is 4.71. The van der Waals surface area contributed by atoms with Gasteiger partial charge in [0.25, 0.3) is 0 Å². The van der Waals surface area contributed by atoms with Gasteiger partial charge in [0.15, 0.2) is 0 Å². The summed E-state index contributed by atoms with van der Waals surface area (Å²) < 4.78 is 5.69. The SMILES string of the molecule is CC1=NC(C)=C(OC(=O)c2cccnc2)C(c2ccccc2C#N)C1. The highest BCUT2D eigenvalue weighted by Gasteiger charge is 2.29. The topological polar surface area (TPSA) is 75.3 Å². The number of nitrogens with zero attached hydrogens (tertiary/aromatic N) is 3. The zero-order valence-corrected chi connectivity index (χ0v) is 14.1. The molecule has 1 aliphatic heterocycles. The normalized spacial score (nSPS) is 16.8. The lowest BCUT2D eigenvalue weighted by Crippen LogP contribution is -2.19. The van der Waals surface area contributed by atoms with Crippen LogP contribution in [0.15, 0.2) is 65.2 Å². The predicted molar refractivity (Wildman–Crippen MR) is 94.0 cm³/mol. The predicted octanol–water partition coefficient (Wildman–Crippen LogP) is 3.99. The van der Waals surface area contributed by atoms with Crippen LogP contribution < -0.4 is 0 Å². The van der Waals surface area contributed by atoms with Gasteiger partial charge in [-0.1, -0.05) is 18.2 Å². The van der Waals surface area contributed by atoms with E-state index in [0.29, 0.717) is 29.0 Å². The molecule has 124 valence electrons. The highest BCUT2D eigenvalue weighted by molar-refractivity contribution is 5.90. The molecule has 1 unspecified atom stereocenters. The number of ether oxygens (including phenoxy) is 1. The van der Waals surface area contributed by atoms with Crippen LogP contribution in [-0.2, 0) is 4.74 Å². The first kappa shape index (κ1) is 16.6. The second kappa shape index (κ2) is 7.10. The van der Waals surface area contributed by atoms with E-state index in [1.54, 1.807) is 24.4 Å². The van der Waals surface area contributed by atoms with Crippen molar-refractivity contribution in [3.05, 3.63) is 76.9 Å². The summed E-state index contributed by atoms with van der Waals surface area (Å²) in [6.45, 7) is 3.75.